The van der Waals surface area contributed by atoms with Gasteiger partial charge in [-0.1, -0.05) is 309 Å². The van der Waals surface area contributed by atoms with Gasteiger partial charge in [-0.3, -0.25) is 18.6 Å². The van der Waals surface area contributed by atoms with E-state index in [2.05, 4.69) is 26.0 Å². The van der Waals surface area contributed by atoms with E-state index in [1.807, 2.05) is 21.1 Å². The van der Waals surface area contributed by atoms with Gasteiger partial charge in [0.05, 0.1) is 27.7 Å². The molecule has 0 saturated heterocycles. The Hall–Kier alpha value is -1.25. The van der Waals surface area contributed by atoms with Gasteiger partial charge in [0.15, 0.2) is 6.10 Å². The van der Waals surface area contributed by atoms with Crippen LogP contribution in [0, 0.1) is 0 Å². The van der Waals surface area contributed by atoms with E-state index in [9.17, 15) is 19.0 Å². The smallest absolute Gasteiger partial charge is 0.462 e. The SMILES string of the molecule is CCCCCCCCCC/C=C\CCCCCCCCCCCC(=O)OC(COC(=O)CCCCCCCCCCCCCCCCCCCCCCCCCCCCCCCCC)COP(=O)(O)OCC[N+](C)(C)C. The lowest BCUT2D eigenvalue weighted by molar-refractivity contribution is -0.870. The highest BCUT2D eigenvalue weighted by Gasteiger charge is 2.27. The lowest BCUT2D eigenvalue weighted by Crippen LogP contribution is -2.37. The number of rotatable bonds is 63. The number of hydrogen-bond donors (Lipinski definition) is 1. The molecule has 0 amide bonds. The van der Waals surface area contributed by atoms with Crippen LogP contribution in [0.25, 0.3) is 0 Å². The minimum Gasteiger partial charge on any atom is -0.462 e. The van der Waals surface area contributed by atoms with E-state index in [4.69, 9.17) is 18.5 Å². The minimum absolute atomic E-state index is 0.0352. The van der Waals surface area contributed by atoms with Gasteiger partial charge < -0.3 is 18.9 Å². The summed E-state index contributed by atoms with van der Waals surface area (Å²) in [7, 11) is 1.50. The molecule has 10 heteroatoms. The van der Waals surface area contributed by atoms with Crippen molar-refractivity contribution >= 4 is 19.8 Å². The highest BCUT2D eigenvalue weighted by atomic mass is 31.2. The predicted molar refractivity (Wildman–Crippen MR) is 326 cm³/mol. The molecule has 76 heavy (non-hydrogen) atoms. The number of esters is 2. The normalized spacial score (nSPS) is 13.2. The molecular weight excluding hydrogens is 966 g/mol. The lowest BCUT2D eigenvalue weighted by Gasteiger charge is -2.24. The van der Waals surface area contributed by atoms with Gasteiger partial charge in [0.2, 0.25) is 0 Å². The van der Waals surface area contributed by atoms with E-state index in [1.54, 1.807) is 0 Å². The lowest BCUT2D eigenvalue weighted by atomic mass is 10.0. The van der Waals surface area contributed by atoms with Gasteiger partial charge in [0, 0.05) is 12.8 Å². The number of carbonyl (C=O) groups is 2. The van der Waals surface area contributed by atoms with Crippen LogP contribution in [0.1, 0.15) is 348 Å². The van der Waals surface area contributed by atoms with Gasteiger partial charge in [-0.25, -0.2) is 4.57 Å². The van der Waals surface area contributed by atoms with Gasteiger partial charge in [-0.2, -0.15) is 0 Å². The molecule has 0 aromatic rings. The summed E-state index contributed by atoms with van der Waals surface area (Å²) in [6, 6.07) is 0. The molecule has 0 aromatic heterocycles. The summed E-state index contributed by atoms with van der Waals surface area (Å²) in [6.07, 6.45) is 70.3. The summed E-state index contributed by atoms with van der Waals surface area (Å²) in [5.41, 5.74) is 0. The number of nitrogens with zero attached hydrogens (tertiary/aromatic N) is 1. The van der Waals surface area contributed by atoms with Crippen molar-refractivity contribution in [3.63, 3.8) is 0 Å². The molecule has 0 spiro atoms. The van der Waals surface area contributed by atoms with Crippen molar-refractivity contribution in [2.75, 3.05) is 47.5 Å². The molecule has 0 heterocycles. The fraction of sp³-hybridized carbons (Fsp3) is 0.939. The summed E-state index contributed by atoms with van der Waals surface area (Å²) in [5.74, 6) is -0.777. The molecule has 0 saturated carbocycles. The number of likely N-dealkylation sites (N-methyl/N-ethyl adjacent to an activating group) is 1. The number of ether oxygens (including phenoxy) is 2. The second kappa shape index (κ2) is 58.4. The van der Waals surface area contributed by atoms with E-state index in [0.29, 0.717) is 23.9 Å². The summed E-state index contributed by atoms with van der Waals surface area (Å²) >= 11 is 0. The second-order valence-corrected chi connectivity index (χ2v) is 25.7. The second-order valence-electron chi connectivity index (χ2n) is 24.2. The van der Waals surface area contributed by atoms with Gasteiger partial charge in [0.1, 0.15) is 19.8 Å². The third-order valence-corrected chi connectivity index (χ3v) is 16.3. The molecule has 0 aliphatic carbocycles. The van der Waals surface area contributed by atoms with E-state index >= 15 is 0 Å². The molecule has 9 nitrogen and oxygen atoms in total. The number of quaternary nitrogens is 1. The van der Waals surface area contributed by atoms with Crippen LogP contribution in [0.4, 0.5) is 0 Å². The van der Waals surface area contributed by atoms with E-state index in [-0.39, 0.29) is 25.6 Å². The molecule has 2 unspecified atom stereocenters. The Balaban J connectivity index is 3.99. The van der Waals surface area contributed by atoms with Crippen LogP contribution in [0.2, 0.25) is 0 Å². The van der Waals surface area contributed by atoms with Crippen molar-refractivity contribution in [1.82, 2.24) is 0 Å². The first kappa shape index (κ1) is 74.8. The Labute approximate surface area is 473 Å². The topological polar surface area (TPSA) is 108 Å². The number of hydrogen-bond acceptors (Lipinski definition) is 7. The Bertz CT molecular complexity index is 1290. The van der Waals surface area contributed by atoms with Crippen molar-refractivity contribution in [3.05, 3.63) is 12.2 Å². The van der Waals surface area contributed by atoms with Crippen LogP contribution in [-0.2, 0) is 32.7 Å². The summed E-state index contributed by atoms with van der Waals surface area (Å²) in [4.78, 5) is 35.8. The fourth-order valence-electron chi connectivity index (χ4n) is 10.1. The minimum atomic E-state index is -4.38. The quantitative estimate of drug-likeness (QED) is 0.0211. The van der Waals surface area contributed by atoms with Crippen molar-refractivity contribution in [3.8, 4) is 0 Å². The maximum Gasteiger partial charge on any atom is 0.472 e. The average molecular weight is 1100 g/mol. The summed E-state index contributed by atoms with van der Waals surface area (Å²) in [6.45, 7) is 4.51. The van der Waals surface area contributed by atoms with E-state index in [1.165, 1.54) is 283 Å². The first-order valence-electron chi connectivity index (χ1n) is 33.4. The number of phosphoric acid groups is 1. The van der Waals surface area contributed by atoms with Crippen LogP contribution in [0.5, 0.6) is 0 Å². The molecule has 0 bridgehead atoms. The highest BCUT2D eigenvalue weighted by molar-refractivity contribution is 7.47. The number of unbranched alkanes of at least 4 members (excludes halogenated alkanes) is 47. The molecule has 2 atom stereocenters. The fourth-order valence-corrected chi connectivity index (χ4v) is 10.9. The van der Waals surface area contributed by atoms with Crippen LogP contribution in [-0.4, -0.2) is 74.9 Å². The predicted octanol–water partition coefficient (Wildman–Crippen LogP) is 21.2. The van der Waals surface area contributed by atoms with E-state index in [0.717, 1.165) is 32.1 Å². The molecule has 0 fully saturated rings. The van der Waals surface area contributed by atoms with Crippen LogP contribution in [0.3, 0.4) is 0 Å². The van der Waals surface area contributed by atoms with Crippen molar-refractivity contribution < 1.29 is 42.1 Å². The third-order valence-electron chi connectivity index (χ3n) is 15.3. The largest absolute Gasteiger partial charge is 0.472 e. The number of allylic oxidation sites excluding steroid dienone is 2. The van der Waals surface area contributed by atoms with Gasteiger partial charge in [0.25, 0.3) is 0 Å². The Morgan fingerprint density at radius 3 is 0.974 bits per heavy atom. The van der Waals surface area contributed by atoms with Crippen LogP contribution >= 0.6 is 7.82 Å². The van der Waals surface area contributed by atoms with Crippen molar-refractivity contribution in [2.45, 2.75) is 354 Å². The Kier molecular flexibility index (Phi) is 57.4. The molecule has 1 N–H and O–H groups in total. The average Bonchev–Trinajstić information content (AvgIpc) is 3.38. The first-order valence-corrected chi connectivity index (χ1v) is 34.9. The molecule has 0 radical (unpaired) electrons. The maximum absolute atomic E-state index is 12.8. The molecule has 0 aliphatic rings. The maximum atomic E-state index is 12.8. The molecular formula is C66H131NO8P+. The van der Waals surface area contributed by atoms with Crippen LogP contribution in [0.15, 0.2) is 12.2 Å². The molecule has 0 aliphatic heterocycles. The molecule has 0 rings (SSSR count). The van der Waals surface area contributed by atoms with E-state index < -0.39 is 26.5 Å². The molecule has 0 aromatic carbocycles. The van der Waals surface area contributed by atoms with Crippen molar-refractivity contribution in [1.29, 1.82) is 0 Å². The Morgan fingerprint density at radius 2 is 0.671 bits per heavy atom. The number of phosphoric ester groups is 1. The molecule has 452 valence electrons. The Morgan fingerprint density at radius 1 is 0.395 bits per heavy atom. The standard InChI is InChI=1S/C66H130NO8P/c1-6-8-10-12-14-16-18-20-22-24-26-28-29-30-31-32-33-34-35-36-37-39-40-42-44-46-48-50-52-54-56-58-65(68)72-62-64(63-74-76(70,71)73-61-60-67(3,4)5)75-66(69)59-57-55-53-51-49-47-45-43-41-38-27-25-23-21-19-17-15-13-11-9-7-2/h25,27,64H,6-24,26,28-63H2,1-5H3/p+1/b27-25-. The zero-order valence-corrected chi connectivity index (χ0v) is 52.4. The monoisotopic (exact) mass is 1100 g/mol. The van der Waals surface area contributed by atoms with Gasteiger partial charge in [-0.05, 0) is 38.5 Å². The summed E-state index contributed by atoms with van der Waals surface area (Å²) < 4.78 is 34.7. The zero-order chi connectivity index (χ0) is 55.6. The highest BCUT2D eigenvalue weighted by Crippen LogP contribution is 2.43. The van der Waals surface area contributed by atoms with Gasteiger partial charge >= 0.3 is 19.8 Å². The van der Waals surface area contributed by atoms with Crippen LogP contribution < -0.4 is 0 Å². The van der Waals surface area contributed by atoms with Crippen molar-refractivity contribution in [2.24, 2.45) is 0 Å². The third kappa shape index (κ3) is 62.0. The van der Waals surface area contributed by atoms with Gasteiger partial charge in [-0.15, -0.1) is 0 Å². The first-order chi connectivity index (χ1) is 37.0. The number of carbonyl (C=O) groups excluding carboxylic acids is 2. The summed E-state index contributed by atoms with van der Waals surface area (Å²) in [5, 5.41) is 0. The zero-order valence-electron chi connectivity index (χ0n) is 51.5.